The summed E-state index contributed by atoms with van der Waals surface area (Å²) in [7, 11) is 0. The average molecular weight is 1060 g/mol. The highest BCUT2D eigenvalue weighted by Crippen LogP contribution is 2.09. The fourth-order valence-electron chi connectivity index (χ4n) is 0.604. The SMILES string of the molecule is C=C.C=C.C=C.C=C.C=C.C=C.C=C.C=C.C=C(C)CC.C=C(C)CC.C=CC.C=CC.CC.CC.CC.CC.CC.CC.CC.CC.CC.CCC(C)=C(C)CC.CCCC.CCCC.CCCC.CCCC. The van der Waals surface area contributed by atoms with E-state index < -0.39 is 0 Å². The lowest BCUT2D eigenvalue weighted by Crippen LogP contribution is -1.78. The van der Waals surface area contributed by atoms with Crippen molar-refractivity contribution in [1.82, 2.24) is 0 Å². The lowest BCUT2D eigenvalue weighted by molar-refractivity contribution is 0.886. The van der Waals surface area contributed by atoms with Gasteiger partial charge in [-0.15, -0.1) is 132 Å². The van der Waals surface area contributed by atoms with Crippen molar-refractivity contribution in [2.45, 2.75) is 326 Å². The first-order chi connectivity index (χ1) is 35.7. The minimum Gasteiger partial charge on any atom is -0.106 e. The average Bonchev–Trinajstić information content (AvgIpc) is 3.54. The minimum absolute atomic E-state index is 1.11. The highest BCUT2D eigenvalue weighted by Gasteiger charge is 1.88. The molecular formula is C74H174. The standard InChI is InChI=1S/C8H16.2C5H10.4C4H10.2C3H6.9C2H6.8C2H4/c1-5-7(3)8(4)6-2;2*1-4-5(2)3;4*1-3-4-2;2*1-3-2;17*1-2/h5-6H2,1-4H3;2*2,4H2,1,3H3;4*3-4H2,1-2H3;2*3H,1H2,2H3;9*1-2H3;8*1-2H2. The minimum atomic E-state index is 1.11. The van der Waals surface area contributed by atoms with E-state index in [2.05, 4.69) is 229 Å². The predicted molar refractivity (Wildman–Crippen MR) is 395 cm³/mol. The summed E-state index contributed by atoms with van der Waals surface area (Å²) in [5, 5.41) is 0. The molecule has 0 aromatic rings. The van der Waals surface area contributed by atoms with E-state index in [1.165, 1.54) is 75.4 Å². The lowest BCUT2D eigenvalue weighted by Gasteiger charge is -1.99. The van der Waals surface area contributed by atoms with Crippen molar-refractivity contribution in [2.75, 3.05) is 0 Å². The van der Waals surface area contributed by atoms with Gasteiger partial charge in [0.15, 0.2) is 0 Å². The molecule has 0 fully saturated rings. The summed E-state index contributed by atoms with van der Waals surface area (Å²) >= 11 is 0. The number of unbranched alkanes of at least 4 members (excludes halogenated alkanes) is 4. The second-order valence-electron chi connectivity index (χ2n) is 9.71. The summed E-state index contributed by atoms with van der Waals surface area (Å²) in [5.41, 5.74) is 5.61. The Morgan fingerprint density at radius 2 is 0.284 bits per heavy atom. The Morgan fingerprint density at radius 1 is 0.230 bits per heavy atom. The molecule has 0 amide bonds. The monoisotopic (exact) mass is 1060 g/mol. The maximum Gasteiger partial charge on any atom is -0.0349 e. The van der Waals surface area contributed by atoms with E-state index in [4.69, 9.17) is 0 Å². The van der Waals surface area contributed by atoms with Crippen LogP contribution in [0, 0.1) is 0 Å². The molecule has 0 radical (unpaired) electrons. The third-order valence-corrected chi connectivity index (χ3v) is 5.00. The van der Waals surface area contributed by atoms with E-state index in [1.807, 2.05) is 152 Å². The first-order valence-electron chi connectivity index (χ1n) is 29.8. The predicted octanol–water partition coefficient (Wildman–Crippen LogP) is 32.4. The molecule has 0 saturated carbocycles. The largest absolute Gasteiger partial charge is 0.106 e. The van der Waals surface area contributed by atoms with E-state index in [0.29, 0.717) is 0 Å². The van der Waals surface area contributed by atoms with Gasteiger partial charge >= 0.3 is 0 Å². The fraction of sp³-hybridized carbons (Fsp3) is 0.649. The van der Waals surface area contributed by atoms with Gasteiger partial charge in [-0.05, 0) is 67.2 Å². The molecule has 0 N–H and O–H groups in total. The number of hydrogen-bond acceptors (Lipinski definition) is 0. The zero-order chi connectivity index (χ0) is 68.2. The van der Waals surface area contributed by atoms with Crippen LogP contribution in [0.15, 0.2) is 166 Å². The molecule has 0 rings (SSSR count). The van der Waals surface area contributed by atoms with Crippen molar-refractivity contribution in [2.24, 2.45) is 0 Å². The van der Waals surface area contributed by atoms with Gasteiger partial charge in [-0.1, -0.05) is 294 Å². The molecule has 0 nitrogen and oxygen atoms in total. The Morgan fingerprint density at radius 3 is 0.297 bits per heavy atom. The summed E-state index contributed by atoms with van der Waals surface area (Å²) in [6.45, 7) is 136. The molecule has 0 unspecified atom stereocenters. The van der Waals surface area contributed by atoms with E-state index >= 15 is 0 Å². The van der Waals surface area contributed by atoms with Gasteiger partial charge in [-0.25, -0.2) is 0 Å². The Labute approximate surface area is 490 Å². The molecule has 0 heterocycles. The molecule has 0 heteroatoms. The van der Waals surface area contributed by atoms with E-state index in [0.717, 1.165) is 12.8 Å². The molecule has 470 valence electrons. The zero-order valence-corrected chi connectivity index (χ0v) is 61.8. The summed E-state index contributed by atoms with van der Waals surface area (Å²) in [4.78, 5) is 0. The second-order valence-corrected chi connectivity index (χ2v) is 9.71. The van der Waals surface area contributed by atoms with Crippen molar-refractivity contribution in [3.63, 3.8) is 0 Å². The first-order valence-corrected chi connectivity index (χ1v) is 29.8. The molecule has 0 aliphatic carbocycles. The summed E-state index contributed by atoms with van der Waals surface area (Å²) in [6, 6.07) is 0. The van der Waals surface area contributed by atoms with Gasteiger partial charge in [0.25, 0.3) is 0 Å². The summed E-state index contributed by atoms with van der Waals surface area (Å²) in [5.74, 6) is 0. The fourth-order valence-corrected chi connectivity index (χ4v) is 0.604. The van der Waals surface area contributed by atoms with Crippen LogP contribution < -0.4 is 0 Å². The molecule has 0 aromatic heterocycles. The highest BCUT2D eigenvalue weighted by atomic mass is 13.9. The van der Waals surface area contributed by atoms with Crippen molar-refractivity contribution in [3.8, 4) is 0 Å². The van der Waals surface area contributed by atoms with Gasteiger partial charge in [0.1, 0.15) is 0 Å². The third-order valence-electron chi connectivity index (χ3n) is 5.00. The van der Waals surface area contributed by atoms with Gasteiger partial charge < -0.3 is 0 Å². The smallest absolute Gasteiger partial charge is 0.0349 e. The molecule has 0 aliphatic rings. The maximum absolute atomic E-state index is 3.67. The Balaban J connectivity index is -0.0000000137. The zero-order valence-electron chi connectivity index (χ0n) is 61.8. The van der Waals surface area contributed by atoms with Crippen LogP contribution in [0.2, 0.25) is 0 Å². The van der Waals surface area contributed by atoms with Crippen LogP contribution >= 0.6 is 0 Å². The first kappa shape index (κ1) is 172. The van der Waals surface area contributed by atoms with Crippen LogP contribution in [0.1, 0.15) is 326 Å². The van der Waals surface area contributed by atoms with Crippen LogP contribution in [0.5, 0.6) is 0 Å². The Bertz CT molecular complexity index is 450. The Kier molecular flexibility index (Phi) is 1490. The van der Waals surface area contributed by atoms with Gasteiger partial charge in [-0.3, -0.25) is 0 Å². The normalized spacial score (nSPS) is 5.62. The van der Waals surface area contributed by atoms with Crippen molar-refractivity contribution in [3.05, 3.63) is 166 Å². The molecular weight excluding hydrogens is 889 g/mol. The third kappa shape index (κ3) is 1970. The van der Waals surface area contributed by atoms with E-state index in [1.54, 1.807) is 23.3 Å². The quantitative estimate of drug-likeness (QED) is 0.213. The molecule has 0 aromatic carbocycles. The van der Waals surface area contributed by atoms with Gasteiger partial charge in [-0.2, -0.15) is 0 Å². The molecule has 0 bridgehead atoms. The molecule has 0 aliphatic heterocycles. The second kappa shape index (κ2) is 641. The van der Waals surface area contributed by atoms with Gasteiger partial charge in [0, 0.05) is 0 Å². The van der Waals surface area contributed by atoms with Crippen molar-refractivity contribution in [1.29, 1.82) is 0 Å². The van der Waals surface area contributed by atoms with Crippen molar-refractivity contribution < 1.29 is 0 Å². The van der Waals surface area contributed by atoms with E-state index in [9.17, 15) is 0 Å². The van der Waals surface area contributed by atoms with Crippen LogP contribution in [0.3, 0.4) is 0 Å². The Hall–Kier alpha value is -3.38. The van der Waals surface area contributed by atoms with E-state index in [-0.39, 0.29) is 0 Å². The van der Waals surface area contributed by atoms with Gasteiger partial charge in [0.2, 0.25) is 0 Å². The molecule has 0 atom stereocenters. The van der Waals surface area contributed by atoms with Crippen LogP contribution in [0.4, 0.5) is 0 Å². The molecule has 74 heavy (non-hydrogen) atoms. The van der Waals surface area contributed by atoms with Crippen LogP contribution in [-0.4, -0.2) is 0 Å². The van der Waals surface area contributed by atoms with Crippen LogP contribution in [-0.2, 0) is 0 Å². The number of hydrogen-bond donors (Lipinski definition) is 0. The van der Waals surface area contributed by atoms with Gasteiger partial charge in [0.05, 0.1) is 0 Å². The lowest BCUT2D eigenvalue weighted by atomic mass is 10.1. The summed E-state index contributed by atoms with van der Waals surface area (Å²) < 4.78 is 0. The topological polar surface area (TPSA) is 0 Å². The highest BCUT2D eigenvalue weighted by molar-refractivity contribution is 5.07. The van der Waals surface area contributed by atoms with Crippen molar-refractivity contribution >= 4 is 0 Å². The van der Waals surface area contributed by atoms with Crippen LogP contribution in [0.25, 0.3) is 0 Å². The summed E-state index contributed by atoms with van der Waals surface area (Å²) in [6.07, 6.45) is 18.7. The number of rotatable bonds is 8. The maximum atomic E-state index is 3.67. The molecule has 0 saturated heterocycles. The molecule has 0 spiro atoms. The number of allylic oxidation sites excluding steroid dienone is 6.